The van der Waals surface area contributed by atoms with Crippen LogP contribution in [0.5, 0.6) is 0 Å². The lowest BCUT2D eigenvalue weighted by atomic mass is 9.77. The van der Waals surface area contributed by atoms with Gasteiger partial charge in [-0.3, -0.25) is 0 Å². The number of anilines is 1. The highest BCUT2D eigenvalue weighted by Gasteiger charge is 2.35. The van der Waals surface area contributed by atoms with Crippen LogP contribution < -0.4 is 11.1 Å². The fourth-order valence-corrected chi connectivity index (χ4v) is 2.80. The average Bonchev–Trinajstić information content (AvgIpc) is 2.34. The van der Waals surface area contributed by atoms with Gasteiger partial charge in [-0.05, 0) is 37.8 Å². The number of carbonyl (C=O) groups is 1. The van der Waals surface area contributed by atoms with Gasteiger partial charge < -0.3 is 15.8 Å². The number of hydrogen-bond donors (Lipinski definition) is 2. The zero-order valence-electron chi connectivity index (χ0n) is 13.1. The molecule has 0 spiro atoms. The van der Waals surface area contributed by atoms with Gasteiger partial charge in [0.25, 0.3) is 0 Å². The minimum Gasteiger partial charge on any atom is -0.443 e. The van der Waals surface area contributed by atoms with E-state index in [4.69, 9.17) is 10.5 Å². The van der Waals surface area contributed by atoms with E-state index in [0.29, 0.717) is 5.92 Å². The minimum absolute atomic E-state index is 0.185. The Morgan fingerprint density at radius 3 is 2.45 bits per heavy atom. The molecule has 1 atom stereocenters. The maximum Gasteiger partial charge on any atom is 0.405 e. The summed E-state index contributed by atoms with van der Waals surface area (Å²) in [7, 11) is 1.91. The summed E-state index contributed by atoms with van der Waals surface area (Å²) in [5, 5.41) is 3.20. The minimum atomic E-state index is -0.720. The second-order valence-corrected chi connectivity index (χ2v) is 5.99. The standard InChI is InChI=1S/C16H26N2O2/c1-11(2)13(16(3,4)20-15(17)19)10-12-8-6-7-9-14(12)18-5/h6-9,11,13,18H,10H2,1-5H3,(H2,17,19). The van der Waals surface area contributed by atoms with Crippen LogP contribution >= 0.6 is 0 Å². The van der Waals surface area contributed by atoms with E-state index in [-0.39, 0.29) is 5.92 Å². The molecule has 0 aliphatic heterocycles. The Labute approximate surface area is 121 Å². The van der Waals surface area contributed by atoms with Gasteiger partial charge >= 0.3 is 6.09 Å². The number of amides is 1. The van der Waals surface area contributed by atoms with Gasteiger partial charge in [0, 0.05) is 18.7 Å². The third kappa shape index (κ3) is 4.15. The second-order valence-electron chi connectivity index (χ2n) is 5.99. The molecule has 1 aromatic rings. The molecule has 1 rings (SSSR count). The van der Waals surface area contributed by atoms with Crippen molar-refractivity contribution in [1.82, 2.24) is 0 Å². The van der Waals surface area contributed by atoms with E-state index in [2.05, 4.69) is 31.3 Å². The van der Waals surface area contributed by atoms with Crippen molar-refractivity contribution in [2.75, 3.05) is 12.4 Å². The number of carbonyl (C=O) groups excluding carboxylic acids is 1. The molecule has 0 saturated heterocycles. The van der Waals surface area contributed by atoms with Gasteiger partial charge in [-0.2, -0.15) is 0 Å². The van der Waals surface area contributed by atoms with E-state index in [0.717, 1.165) is 12.1 Å². The van der Waals surface area contributed by atoms with Gasteiger partial charge in [0.15, 0.2) is 0 Å². The number of rotatable bonds is 6. The van der Waals surface area contributed by atoms with Gasteiger partial charge in [0.05, 0.1) is 0 Å². The van der Waals surface area contributed by atoms with Crippen molar-refractivity contribution in [3.63, 3.8) is 0 Å². The Bertz CT molecular complexity index is 456. The molecule has 1 unspecified atom stereocenters. The monoisotopic (exact) mass is 278 g/mol. The van der Waals surface area contributed by atoms with Crippen molar-refractivity contribution in [3.8, 4) is 0 Å². The Balaban J connectivity index is 3.01. The molecule has 4 nitrogen and oxygen atoms in total. The number of ether oxygens (including phenoxy) is 1. The molecule has 20 heavy (non-hydrogen) atoms. The first-order valence-corrected chi connectivity index (χ1v) is 7.02. The molecule has 4 heteroatoms. The van der Waals surface area contributed by atoms with Crippen LogP contribution in [0.25, 0.3) is 0 Å². The SMILES string of the molecule is CNc1ccccc1CC(C(C)C)C(C)(C)OC(N)=O. The van der Waals surface area contributed by atoms with E-state index in [1.165, 1.54) is 5.56 Å². The molecule has 0 aliphatic rings. The molecule has 112 valence electrons. The van der Waals surface area contributed by atoms with E-state index in [1.807, 2.05) is 33.0 Å². The van der Waals surface area contributed by atoms with Crippen LogP contribution in [0.3, 0.4) is 0 Å². The van der Waals surface area contributed by atoms with Crippen LogP contribution in [-0.4, -0.2) is 18.7 Å². The molecule has 0 fully saturated rings. The van der Waals surface area contributed by atoms with E-state index in [9.17, 15) is 4.79 Å². The Hall–Kier alpha value is -1.71. The Kier molecular flexibility index (Phi) is 5.43. The fourth-order valence-electron chi connectivity index (χ4n) is 2.80. The predicted molar refractivity (Wildman–Crippen MR) is 82.8 cm³/mol. The largest absolute Gasteiger partial charge is 0.443 e. The van der Waals surface area contributed by atoms with Crippen LogP contribution in [-0.2, 0) is 11.2 Å². The summed E-state index contributed by atoms with van der Waals surface area (Å²) < 4.78 is 5.33. The van der Waals surface area contributed by atoms with Crippen molar-refractivity contribution >= 4 is 11.8 Å². The number of nitrogens with two attached hydrogens (primary N) is 1. The summed E-state index contributed by atoms with van der Waals surface area (Å²) in [6.45, 7) is 8.12. The molecule has 0 aliphatic carbocycles. The first-order valence-electron chi connectivity index (χ1n) is 7.02. The molecular weight excluding hydrogens is 252 g/mol. The highest BCUT2D eigenvalue weighted by atomic mass is 16.6. The summed E-state index contributed by atoms with van der Waals surface area (Å²) in [6.07, 6.45) is 0.108. The zero-order chi connectivity index (χ0) is 15.3. The summed E-state index contributed by atoms with van der Waals surface area (Å²) in [5.74, 6) is 0.554. The van der Waals surface area contributed by atoms with Crippen molar-refractivity contribution in [2.45, 2.75) is 39.7 Å². The van der Waals surface area contributed by atoms with Crippen LogP contribution in [0.15, 0.2) is 24.3 Å². The van der Waals surface area contributed by atoms with Crippen molar-refractivity contribution in [1.29, 1.82) is 0 Å². The first kappa shape index (κ1) is 16.3. The normalized spacial score (nSPS) is 13.1. The molecule has 3 N–H and O–H groups in total. The van der Waals surface area contributed by atoms with Crippen LogP contribution in [0.1, 0.15) is 33.3 Å². The number of benzene rings is 1. The third-order valence-corrected chi connectivity index (χ3v) is 3.79. The first-order chi connectivity index (χ1) is 9.27. The topological polar surface area (TPSA) is 64.3 Å². The molecule has 0 heterocycles. The summed E-state index contributed by atoms with van der Waals surface area (Å²) in [4.78, 5) is 11.1. The number of hydrogen-bond acceptors (Lipinski definition) is 3. The van der Waals surface area contributed by atoms with Gasteiger partial charge in [0.2, 0.25) is 0 Å². The Morgan fingerprint density at radius 1 is 1.35 bits per heavy atom. The summed E-state index contributed by atoms with van der Waals surface area (Å²) >= 11 is 0. The van der Waals surface area contributed by atoms with Crippen molar-refractivity contribution in [2.24, 2.45) is 17.6 Å². The summed E-state index contributed by atoms with van der Waals surface area (Å²) in [6, 6.07) is 8.18. The van der Waals surface area contributed by atoms with Crippen molar-refractivity contribution < 1.29 is 9.53 Å². The van der Waals surface area contributed by atoms with Gasteiger partial charge in [-0.15, -0.1) is 0 Å². The smallest absolute Gasteiger partial charge is 0.405 e. The molecule has 0 saturated carbocycles. The van der Waals surface area contributed by atoms with Crippen LogP contribution in [0.2, 0.25) is 0 Å². The van der Waals surface area contributed by atoms with Crippen LogP contribution in [0, 0.1) is 11.8 Å². The molecule has 0 aromatic heterocycles. The van der Waals surface area contributed by atoms with Crippen LogP contribution in [0.4, 0.5) is 10.5 Å². The molecular formula is C16H26N2O2. The highest BCUT2D eigenvalue weighted by Crippen LogP contribution is 2.33. The summed E-state index contributed by atoms with van der Waals surface area (Å²) in [5.41, 5.74) is 6.92. The zero-order valence-corrected chi connectivity index (χ0v) is 13.1. The third-order valence-electron chi connectivity index (χ3n) is 3.79. The molecule has 0 bridgehead atoms. The highest BCUT2D eigenvalue weighted by molar-refractivity contribution is 5.65. The second kappa shape index (κ2) is 6.64. The molecule has 1 aromatic carbocycles. The lowest BCUT2D eigenvalue weighted by Crippen LogP contribution is -2.42. The molecule has 0 radical (unpaired) electrons. The maximum absolute atomic E-state index is 11.1. The number of para-hydroxylation sites is 1. The number of nitrogens with one attached hydrogen (secondary N) is 1. The van der Waals surface area contributed by atoms with Crippen molar-refractivity contribution in [3.05, 3.63) is 29.8 Å². The Morgan fingerprint density at radius 2 is 1.95 bits per heavy atom. The van der Waals surface area contributed by atoms with E-state index < -0.39 is 11.7 Å². The maximum atomic E-state index is 11.1. The lowest BCUT2D eigenvalue weighted by molar-refractivity contribution is -0.0175. The lowest BCUT2D eigenvalue weighted by Gasteiger charge is -2.36. The molecule has 1 amide bonds. The van der Waals surface area contributed by atoms with Gasteiger partial charge in [-0.25, -0.2) is 4.79 Å². The number of primary amides is 1. The quantitative estimate of drug-likeness (QED) is 0.838. The average molecular weight is 278 g/mol. The predicted octanol–water partition coefficient (Wildman–Crippen LogP) is 3.42. The fraction of sp³-hybridized carbons (Fsp3) is 0.562. The van der Waals surface area contributed by atoms with E-state index in [1.54, 1.807) is 0 Å². The van der Waals surface area contributed by atoms with Gasteiger partial charge in [-0.1, -0.05) is 32.0 Å². The van der Waals surface area contributed by atoms with Gasteiger partial charge in [0.1, 0.15) is 5.60 Å². The van der Waals surface area contributed by atoms with E-state index >= 15 is 0 Å².